The first-order chi connectivity index (χ1) is 13.7. The van der Waals surface area contributed by atoms with E-state index in [0.717, 1.165) is 16.7 Å². The standard InChI is InChI=1S/C23H18Cl2O3P/c1-13-11-14(2)20(15(3)12-13)22(26)16-7-4-5-10-19(16)29(28)23(27)21-17(24)8-6-9-18(21)25/h4-12H,1-3H3. The lowest BCUT2D eigenvalue weighted by Gasteiger charge is -2.13. The predicted molar refractivity (Wildman–Crippen MR) is 119 cm³/mol. The van der Waals surface area contributed by atoms with Gasteiger partial charge >= 0.3 is 0 Å². The Morgan fingerprint density at radius 2 is 1.34 bits per heavy atom. The van der Waals surface area contributed by atoms with Gasteiger partial charge in [0.1, 0.15) is 0 Å². The zero-order chi connectivity index (χ0) is 21.3. The monoisotopic (exact) mass is 443 g/mol. The molecule has 0 amide bonds. The zero-order valence-electron chi connectivity index (χ0n) is 16.1. The number of halogens is 2. The Hall–Kier alpha value is -2.32. The third kappa shape index (κ3) is 4.18. The Bertz CT molecular complexity index is 1130. The maximum atomic E-state index is 13.3. The number of hydrogen-bond donors (Lipinski definition) is 0. The number of carbonyl (C=O) groups is 2. The second-order valence-electron chi connectivity index (χ2n) is 6.82. The molecule has 3 aromatic rings. The lowest BCUT2D eigenvalue weighted by atomic mass is 9.93. The molecule has 0 aliphatic carbocycles. The van der Waals surface area contributed by atoms with Gasteiger partial charge < -0.3 is 0 Å². The zero-order valence-corrected chi connectivity index (χ0v) is 18.5. The molecule has 6 heteroatoms. The van der Waals surface area contributed by atoms with Gasteiger partial charge in [-0.3, -0.25) is 14.2 Å². The number of ketones is 1. The highest BCUT2D eigenvalue weighted by atomic mass is 35.5. The lowest BCUT2D eigenvalue weighted by Crippen LogP contribution is -2.17. The minimum Gasteiger partial charge on any atom is -0.289 e. The molecule has 1 atom stereocenters. The molecule has 0 saturated heterocycles. The average molecular weight is 444 g/mol. The van der Waals surface area contributed by atoms with E-state index in [0.29, 0.717) is 5.56 Å². The van der Waals surface area contributed by atoms with Gasteiger partial charge in [-0.1, -0.05) is 59.1 Å². The van der Waals surface area contributed by atoms with Crippen LogP contribution in [0.1, 0.15) is 43.0 Å². The van der Waals surface area contributed by atoms with Gasteiger partial charge in [-0.25, -0.2) is 0 Å². The van der Waals surface area contributed by atoms with Gasteiger partial charge in [0.2, 0.25) is 5.52 Å². The molecule has 0 aliphatic rings. The van der Waals surface area contributed by atoms with E-state index in [1.165, 1.54) is 18.2 Å². The SMILES string of the molecule is Cc1cc(C)c(C(=O)c2ccccc2[P](=O)C(=O)c2c(Cl)cccc2Cl)c(C)c1. The van der Waals surface area contributed by atoms with Crippen LogP contribution in [0.2, 0.25) is 10.0 Å². The van der Waals surface area contributed by atoms with Crippen molar-refractivity contribution in [1.29, 1.82) is 0 Å². The molecule has 0 aliphatic heterocycles. The third-order valence-corrected chi connectivity index (χ3v) is 6.68. The molecule has 3 rings (SSSR count). The smallest absolute Gasteiger partial charge is 0.249 e. The molecule has 0 spiro atoms. The number of carbonyl (C=O) groups excluding carboxylic acids is 2. The molecular formula is C23H18Cl2O3P. The fourth-order valence-electron chi connectivity index (χ4n) is 3.43. The van der Waals surface area contributed by atoms with E-state index in [2.05, 4.69) is 0 Å². The van der Waals surface area contributed by atoms with E-state index in [4.69, 9.17) is 23.2 Å². The summed E-state index contributed by atoms with van der Waals surface area (Å²) in [6, 6.07) is 14.9. The van der Waals surface area contributed by atoms with E-state index >= 15 is 0 Å². The summed E-state index contributed by atoms with van der Waals surface area (Å²) in [7, 11) is -2.59. The fourth-order valence-corrected chi connectivity index (χ4v) is 5.41. The van der Waals surface area contributed by atoms with Crippen molar-refractivity contribution in [3.63, 3.8) is 0 Å². The topological polar surface area (TPSA) is 51.2 Å². The molecule has 147 valence electrons. The second kappa shape index (κ2) is 8.59. The molecular weight excluding hydrogens is 426 g/mol. The normalized spacial score (nSPS) is 11.3. The number of hydrogen-bond acceptors (Lipinski definition) is 3. The number of rotatable bonds is 5. The Balaban J connectivity index is 2.10. The quantitative estimate of drug-likeness (QED) is 0.336. The summed E-state index contributed by atoms with van der Waals surface area (Å²) in [6.45, 7) is 5.69. The van der Waals surface area contributed by atoms with E-state index in [-0.39, 0.29) is 32.3 Å². The molecule has 1 unspecified atom stereocenters. The van der Waals surface area contributed by atoms with E-state index in [1.807, 2.05) is 32.9 Å². The third-order valence-electron chi connectivity index (χ3n) is 4.63. The summed E-state index contributed by atoms with van der Waals surface area (Å²) in [4.78, 5) is 26.2. The average Bonchev–Trinajstić information content (AvgIpc) is 2.66. The van der Waals surface area contributed by atoms with Gasteiger partial charge in [0.15, 0.2) is 13.6 Å². The van der Waals surface area contributed by atoms with Crippen molar-refractivity contribution in [2.45, 2.75) is 20.8 Å². The first kappa shape index (κ1) is 21.4. The van der Waals surface area contributed by atoms with Crippen LogP contribution in [0.15, 0.2) is 54.6 Å². The highest BCUT2D eigenvalue weighted by Gasteiger charge is 2.27. The molecule has 0 aromatic heterocycles. The summed E-state index contributed by atoms with van der Waals surface area (Å²) in [6.07, 6.45) is 0. The van der Waals surface area contributed by atoms with Gasteiger partial charge in [0.05, 0.1) is 20.9 Å². The maximum absolute atomic E-state index is 13.3. The molecule has 0 N–H and O–H groups in total. The van der Waals surface area contributed by atoms with Gasteiger partial charge in [0, 0.05) is 11.1 Å². The van der Waals surface area contributed by atoms with Gasteiger partial charge in [-0.15, -0.1) is 0 Å². The van der Waals surface area contributed by atoms with Crippen molar-refractivity contribution in [1.82, 2.24) is 0 Å². The molecule has 1 radical (unpaired) electrons. The first-order valence-corrected chi connectivity index (χ1v) is 10.9. The lowest BCUT2D eigenvalue weighted by molar-refractivity contribution is 0.103. The minimum atomic E-state index is -2.59. The van der Waals surface area contributed by atoms with Crippen LogP contribution < -0.4 is 5.30 Å². The summed E-state index contributed by atoms with van der Waals surface area (Å²) >= 11 is 12.2. The van der Waals surface area contributed by atoms with Crippen molar-refractivity contribution >= 4 is 47.6 Å². The predicted octanol–water partition coefficient (Wildman–Crippen LogP) is 6.44. The molecule has 0 heterocycles. The number of benzene rings is 3. The Kier molecular flexibility index (Phi) is 6.33. The van der Waals surface area contributed by atoms with Crippen molar-refractivity contribution in [2.75, 3.05) is 0 Å². The van der Waals surface area contributed by atoms with Crippen LogP contribution in [0.5, 0.6) is 0 Å². The van der Waals surface area contributed by atoms with Gasteiger partial charge in [-0.2, -0.15) is 0 Å². The highest BCUT2D eigenvalue weighted by Crippen LogP contribution is 2.35. The summed E-state index contributed by atoms with van der Waals surface area (Å²) < 4.78 is 13.2. The Morgan fingerprint density at radius 3 is 1.93 bits per heavy atom. The van der Waals surface area contributed by atoms with Crippen molar-refractivity contribution in [3.8, 4) is 0 Å². The van der Waals surface area contributed by atoms with Crippen LogP contribution in [0.4, 0.5) is 0 Å². The van der Waals surface area contributed by atoms with Gasteiger partial charge in [-0.05, 0) is 56.2 Å². The van der Waals surface area contributed by atoms with E-state index in [1.54, 1.807) is 24.3 Å². The fraction of sp³-hybridized carbons (Fsp3) is 0.130. The van der Waals surface area contributed by atoms with Crippen molar-refractivity contribution in [2.24, 2.45) is 0 Å². The van der Waals surface area contributed by atoms with Crippen LogP contribution in [-0.2, 0) is 4.57 Å². The first-order valence-electron chi connectivity index (χ1n) is 8.89. The van der Waals surface area contributed by atoms with E-state index < -0.39 is 13.3 Å². The second-order valence-corrected chi connectivity index (χ2v) is 9.11. The Labute approximate surface area is 180 Å². The maximum Gasteiger partial charge on any atom is 0.249 e. The van der Waals surface area contributed by atoms with Crippen LogP contribution in [-0.4, -0.2) is 11.3 Å². The van der Waals surface area contributed by atoms with Crippen molar-refractivity contribution < 1.29 is 14.2 Å². The van der Waals surface area contributed by atoms with Crippen LogP contribution in [0.3, 0.4) is 0 Å². The summed E-state index contributed by atoms with van der Waals surface area (Å²) in [5, 5.41) is 0.424. The van der Waals surface area contributed by atoms with E-state index in [9.17, 15) is 14.2 Å². The molecule has 0 saturated carbocycles. The van der Waals surface area contributed by atoms with Crippen molar-refractivity contribution in [3.05, 3.63) is 98.0 Å². The molecule has 29 heavy (non-hydrogen) atoms. The summed E-state index contributed by atoms with van der Waals surface area (Å²) in [5.74, 6) is -0.267. The Morgan fingerprint density at radius 1 is 0.793 bits per heavy atom. The molecule has 3 nitrogen and oxygen atoms in total. The van der Waals surface area contributed by atoms with Crippen LogP contribution >= 0.6 is 31.0 Å². The minimum absolute atomic E-state index is 0.00175. The number of aryl methyl sites for hydroxylation is 3. The van der Waals surface area contributed by atoms with Crippen LogP contribution in [0, 0.1) is 20.8 Å². The summed E-state index contributed by atoms with van der Waals surface area (Å²) in [5.41, 5.74) is 2.81. The molecule has 3 aromatic carbocycles. The van der Waals surface area contributed by atoms with Crippen LogP contribution in [0.25, 0.3) is 0 Å². The molecule has 0 fully saturated rings. The van der Waals surface area contributed by atoms with Gasteiger partial charge in [0.25, 0.3) is 0 Å². The highest BCUT2D eigenvalue weighted by molar-refractivity contribution is 7.71. The molecule has 0 bridgehead atoms. The largest absolute Gasteiger partial charge is 0.289 e.